The summed E-state index contributed by atoms with van der Waals surface area (Å²) in [5.41, 5.74) is 19.9. The lowest BCUT2D eigenvalue weighted by molar-refractivity contribution is 0.487. The number of nitrogens with zero attached hydrogens (tertiary/aromatic N) is 1. The number of hydrogen-bond acceptors (Lipinski definition) is 3. The molecule has 0 atom stereocenters. The number of aryl methyl sites for hydroxylation is 6. The van der Waals surface area contributed by atoms with Crippen molar-refractivity contribution in [1.82, 2.24) is 0 Å². The summed E-state index contributed by atoms with van der Waals surface area (Å²) in [7, 11) is 0. The second-order valence-electron chi connectivity index (χ2n) is 17.2. The van der Waals surface area contributed by atoms with E-state index in [0.717, 1.165) is 34.1 Å². The Morgan fingerprint density at radius 2 is 1.05 bits per heavy atom. The molecule has 298 valence electrons. The highest BCUT2D eigenvalue weighted by atomic mass is 32.1. The van der Waals surface area contributed by atoms with Crippen LogP contribution < -0.4 is 26.0 Å². The molecular weight excluding hydrogens is 770 g/mol. The van der Waals surface area contributed by atoms with Gasteiger partial charge < -0.3 is 9.64 Å². The lowest BCUT2D eigenvalue weighted by Crippen LogP contribution is -2.56. The molecule has 62 heavy (non-hydrogen) atoms. The van der Waals surface area contributed by atoms with Crippen LogP contribution in [0, 0.1) is 41.5 Å². The van der Waals surface area contributed by atoms with Gasteiger partial charge in [0, 0.05) is 43.7 Å². The fourth-order valence-electron chi connectivity index (χ4n) is 10.6. The predicted molar refractivity (Wildman–Crippen MR) is 268 cm³/mol. The van der Waals surface area contributed by atoms with E-state index in [0.29, 0.717) is 0 Å². The van der Waals surface area contributed by atoms with Crippen LogP contribution >= 0.6 is 11.3 Å². The quantitative estimate of drug-likeness (QED) is 0.149. The van der Waals surface area contributed by atoms with Gasteiger partial charge in [-0.1, -0.05) is 177 Å². The van der Waals surface area contributed by atoms with Crippen molar-refractivity contribution < 1.29 is 4.74 Å². The number of benzene rings is 9. The normalized spacial score (nSPS) is 11.8. The van der Waals surface area contributed by atoms with Crippen molar-refractivity contribution in [3.8, 4) is 33.8 Å². The Hall–Kier alpha value is -6.88. The van der Waals surface area contributed by atoms with Gasteiger partial charge in [0.2, 0.25) is 6.71 Å². The number of thiophene rings is 1. The number of ether oxygens (including phenoxy) is 1. The monoisotopic (exact) mass is 815 g/mol. The SMILES string of the molecule is Cc1cc(C)c(B(c2c(C)cc(C)cc2C)c2ccc3c4c(cccc24)Oc2cc(N(c4ccccc4-c4ccccc4)c4cccc5c4sc4ccccc45)ccc2-3)c(C)c1. The van der Waals surface area contributed by atoms with Crippen molar-refractivity contribution in [2.24, 2.45) is 0 Å². The maximum absolute atomic E-state index is 7.11. The van der Waals surface area contributed by atoms with Gasteiger partial charge in [-0.05, 0) is 94.5 Å². The first-order chi connectivity index (χ1) is 30.2. The molecule has 2 nitrogen and oxygen atoms in total. The first-order valence-electron chi connectivity index (χ1n) is 21.6. The van der Waals surface area contributed by atoms with Gasteiger partial charge in [-0.25, -0.2) is 0 Å². The zero-order chi connectivity index (χ0) is 42.2. The average Bonchev–Trinajstić information content (AvgIpc) is 3.66. The summed E-state index contributed by atoms with van der Waals surface area (Å²) in [6, 6.07) is 62.5. The summed E-state index contributed by atoms with van der Waals surface area (Å²) < 4.78 is 9.65. The highest BCUT2D eigenvalue weighted by Gasteiger charge is 2.32. The summed E-state index contributed by atoms with van der Waals surface area (Å²) in [5, 5.41) is 4.95. The van der Waals surface area contributed by atoms with Crippen LogP contribution in [0.3, 0.4) is 0 Å². The van der Waals surface area contributed by atoms with E-state index in [1.165, 1.54) is 97.4 Å². The van der Waals surface area contributed by atoms with Crippen LogP contribution in [0.4, 0.5) is 17.1 Å². The van der Waals surface area contributed by atoms with Crippen LogP contribution in [0.15, 0.2) is 170 Å². The van der Waals surface area contributed by atoms with E-state index >= 15 is 0 Å². The summed E-state index contributed by atoms with van der Waals surface area (Å²) in [5.74, 6) is 1.74. The number of para-hydroxylation sites is 1. The van der Waals surface area contributed by atoms with E-state index in [4.69, 9.17) is 4.74 Å². The van der Waals surface area contributed by atoms with E-state index in [9.17, 15) is 0 Å². The number of rotatable bonds is 7. The Morgan fingerprint density at radius 1 is 0.452 bits per heavy atom. The fourth-order valence-corrected chi connectivity index (χ4v) is 11.8. The van der Waals surface area contributed by atoms with Crippen LogP contribution in [0.5, 0.6) is 11.5 Å². The molecule has 0 spiro atoms. The van der Waals surface area contributed by atoms with Crippen LogP contribution in [0.25, 0.3) is 53.2 Å². The highest BCUT2D eigenvalue weighted by Crippen LogP contribution is 2.51. The second kappa shape index (κ2) is 14.9. The maximum Gasteiger partial charge on any atom is 0.243 e. The fraction of sp³-hybridized carbons (Fsp3) is 0.103. The molecular formula is C58H46BNOS. The Morgan fingerprint density at radius 3 is 1.79 bits per heavy atom. The Labute approximate surface area is 368 Å². The maximum atomic E-state index is 7.11. The summed E-state index contributed by atoms with van der Waals surface area (Å²) in [6.07, 6.45) is 0. The van der Waals surface area contributed by atoms with Crippen molar-refractivity contribution in [3.63, 3.8) is 0 Å². The largest absolute Gasteiger partial charge is 0.456 e. The molecule has 1 aliphatic heterocycles. The van der Waals surface area contributed by atoms with Gasteiger partial charge >= 0.3 is 0 Å². The van der Waals surface area contributed by atoms with Crippen LogP contribution in [0.2, 0.25) is 0 Å². The second-order valence-corrected chi connectivity index (χ2v) is 18.2. The van der Waals surface area contributed by atoms with Gasteiger partial charge in [-0.2, -0.15) is 0 Å². The molecule has 0 unspecified atom stereocenters. The highest BCUT2D eigenvalue weighted by molar-refractivity contribution is 7.26. The van der Waals surface area contributed by atoms with E-state index in [-0.39, 0.29) is 6.71 Å². The minimum Gasteiger partial charge on any atom is -0.456 e. The molecule has 4 heteroatoms. The lowest BCUT2D eigenvalue weighted by atomic mass is 9.33. The van der Waals surface area contributed by atoms with Crippen LogP contribution in [0.1, 0.15) is 33.4 Å². The number of hydrogen-bond donors (Lipinski definition) is 0. The van der Waals surface area contributed by atoms with Crippen LogP contribution in [-0.2, 0) is 0 Å². The number of anilines is 3. The molecule has 0 amide bonds. The minimum atomic E-state index is 0.0547. The smallest absolute Gasteiger partial charge is 0.243 e. The average molecular weight is 816 g/mol. The van der Waals surface area contributed by atoms with Gasteiger partial charge in [0.05, 0.1) is 16.1 Å². The molecule has 1 aliphatic rings. The zero-order valence-corrected chi connectivity index (χ0v) is 36.8. The zero-order valence-electron chi connectivity index (χ0n) is 36.0. The first kappa shape index (κ1) is 38.1. The molecule has 0 fully saturated rings. The molecule has 10 aromatic rings. The van der Waals surface area contributed by atoms with Gasteiger partial charge in [-0.15, -0.1) is 11.3 Å². The predicted octanol–water partition coefficient (Wildman–Crippen LogP) is 14.5. The van der Waals surface area contributed by atoms with Crippen LogP contribution in [-0.4, -0.2) is 6.71 Å². The first-order valence-corrected chi connectivity index (χ1v) is 22.4. The van der Waals surface area contributed by atoms with Crippen molar-refractivity contribution in [2.75, 3.05) is 4.90 Å². The summed E-state index contributed by atoms with van der Waals surface area (Å²) in [4.78, 5) is 2.44. The van der Waals surface area contributed by atoms with Gasteiger partial charge in [0.25, 0.3) is 0 Å². The van der Waals surface area contributed by atoms with E-state index in [1.807, 2.05) is 11.3 Å². The third-order valence-electron chi connectivity index (χ3n) is 13.0. The molecule has 2 heterocycles. The molecule has 0 saturated heterocycles. The lowest BCUT2D eigenvalue weighted by Gasteiger charge is -2.30. The molecule has 0 bridgehead atoms. The molecule has 0 aliphatic carbocycles. The Bertz CT molecular complexity index is 3310. The van der Waals surface area contributed by atoms with Crippen molar-refractivity contribution >= 4 is 82.4 Å². The summed E-state index contributed by atoms with van der Waals surface area (Å²) in [6.45, 7) is 13.6. The van der Waals surface area contributed by atoms with E-state index < -0.39 is 0 Å². The summed E-state index contributed by atoms with van der Waals surface area (Å²) >= 11 is 1.86. The van der Waals surface area contributed by atoms with Gasteiger partial charge in [0.1, 0.15) is 11.5 Å². The topological polar surface area (TPSA) is 12.5 Å². The molecule has 11 rings (SSSR count). The van der Waals surface area contributed by atoms with Crippen molar-refractivity contribution in [1.29, 1.82) is 0 Å². The molecule has 1 aromatic heterocycles. The molecule has 9 aromatic carbocycles. The standard InChI is InChI=1S/C58H46BNOS/c1-35-30-37(3)56(38(4)31-35)59(57-39(5)32-36(2)33-40(57)6)49-29-28-46-44-27-26-42(34-53(44)61-52-24-15-21-48(49)55(46)52)60(50-22-12-10-18-43(50)41-16-8-7-9-17-41)51-23-14-20-47-45-19-11-13-25-54(45)62-58(47)51/h7-34H,1-6H3. The van der Waals surface area contributed by atoms with Crippen molar-refractivity contribution in [2.45, 2.75) is 41.5 Å². The Balaban J connectivity index is 1.11. The van der Waals surface area contributed by atoms with Gasteiger partial charge in [-0.3, -0.25) is 0 Å². The third-order valence-corrected chi connectivity index (χ3v) is 14.2. The minimum absolute atomic E-state index is 0.0547. The molecule has 0 N–H and O–H groups in total. The van der Waals surface area contributed by atoms with Gasteiger partial charge in [0.15, 0.2) is 0 Å². The van der Waals surface area contributed by atoms with E-state index in [2.05, 4.69) is 216 Å². The van der Waals surface area contributed by atoms with E-state index in [1.54, 1.807) is 0 Å². The molecule has 0 radical (unpaired) electrons. The van der Waals surface area contributed by atoms with Crippen molar-refractivity contribution in [3.05, 3.63) is 203 Å². The molecule has 0 saturated carbocycles. The third kappa shape index (κ3) is 6.16. The number of fused-ring (bicyclic) bond motifs is 5. The Kier molecular flexibility index (Phi) is 9.17.